The minimum atomic E-state index is -1.10. The van der Waals surface area contributed by atoms with Crippen LogP contribution in [0, 0.1) is 0 Å². The molecule has 0 bridgehead atoms. The first kappa shape index (κ1) is 20.3. The maximum Gasteiger partial charge on any atom is 0.326 e. The summed E-state index contributed by atoms with van der Waals surface area (Å²) in [6, 6.07) is 4.04. The van der Waals surface area contributed by atoms with Gasteiger partial charge in [0.1, 0.15) is 11.8 Å². The minimum Gasteiger partial charge on any atom is -0.496 e. The van der Waals surface area contributed by atoms with Gasteiger partial charge in [0.25, 0.3) is 0 Å². The molecule has 0 radical (unpaired) electrons. The van der Waals surface area contributed by atoms with E-state index in [2.05, 4.69) is 5.32 Å². The monoisotopic (exact) mass is 357 g/mol. The summed E-state index contributed by atoms with van der Waals surface area (Å²) < 4.78 is 10.7. The van der Waals surface area contributed by atoms with Crippen LogP contribution in [-0.4, -0.2) is 42.3 Å². The Labute approximate surface area is 147 Å². The van der Waals surface area contributed by atoms with Gasteiger partial charge in [-0.1, -0.05) is 17.7 Å². The molecule has 24 heavy (non-hydrogen) atoms. The van der Waals surface area contributed by atoms with Crippen molar-refractivity contribution in [3.63, 3.8) is 0 Å². The molecule has 134 valence electrons. The van der Waals surface area contributed by atoms with Gasteiger partial charge < -0.3 is 19.9 Å². The van der Waals surface area contributed by atoms with Gasteiger partial charge in [-0.2, -0.15) is 0 Å². The van der Waals surface area contributed by atoms with Crippen LogP contribution in [0.15, 0.2) is 18.2 Å². The summed E-state index contributed by atoms with van der Waals surface area (Å²) in [5.41, 5.74) is 0.159. The van der Waals surface area contributed by atoms with E-state index in [0.29, 0.717) is 16.3 Å². The predicted molar refractivity (Wildman–Crippen MR) is 91.6 cm³/mol. The van der Waals surface area contributed by atoms with Crippen molar-refractivity contribution < 1.29 is 24.2 Å². The fraction of sp³-hybridized carbons (Fsp3) is 0.529. The van der Waals surface area contributed by atoms with Crippen molar-refractivity contribution in [2.45, 2.75) is 45.3 Å². The van der Waals surface area contributed by atoms with Crippen molar-refractivity contribution in [1.82, 2.24) is 5.32 Å². The van der Waals surface area contributed by atoms with Crippen molar-refractivity contribution in [3.8, 4) is 5.75 Å². The lowest BCUT2D eigenvalue weighted by Gasteiger charge is -2.21. The SMILES string of the molecule is COc1cccc(Cl)c1CC(=O)NC(CCOC(C)(C)C)C(=O)O. The summed E-state index contributed by atoms with van der Waals surface area (Å²) >= 11 is 6.09. The molecule has 0 fully saturated rings. The average molecular weight is 358 g/mol. The fourth-order valence-corrected chi connectivity index (χ4v) is 2.28. The van der Waals surface area contributed by atoms with Crippen molar-refractivity contribution in [3.05, 3.63) is 28.8 Å². The van der Waals surface area contributed by atoms with Crippen LogP contribution in [0.1, 0.15) is 32.8 Å². The molecule has 0 saturated carbocycles. The fourth-order valence-electron chi connectivity index (χ4n) is 2.05. The second-order valence-corrected chi connectivity index (χ2v) is 6.71. The molecule has 0 saturated heterocycles. The maximum atomic E-state index is 12.2. The minimum absolute atomic E-state index is 0.0627. The summed E-state index contributed by atoms with van der Waals surface area (Å²) in [5, 5.41) is 12.1. The smallest absolute Gasteiger partial charge is 0.326 e. The average Bonchev–Trinajstić information content (AvgIpc) is 2.47. The molecule has 0 heterocycles. The van der Waals surface area contributed by atoms with Gasteiger partial charge in [0.2, 0.25) is 5.91 Å². The molecule has 0 spiro atoms. The number of benzene rings is 1. The van der Waals surface area contributed by atoms with Crippen LogP contribution in [-0.2, 0) is 20.7 Å². The van der Waals surface area contributed by atoms with E-state index in [9.17, 15) is 14.7 Å². The molecular weight excluding hydrogens is 334 g/mol. The molecule has 1 atom stereocenters. The number of ether oxygens (including phenoxy) is 2. The highest BCUT2D eigenvalue weighted by Crippen LogP contribution is 2.26. The zero-order valence-electron chi connectivity index (χ0n) is 14.4. The largest absolute Gasteiger partial charge is 0.496 e. The number of methoxy groups -OCH3 is 1. The third kappa shape index (κ3) is 6.76. The normalized spacial score (nSPS) is 12.5. The second kappa shape index (κ2) is 8.89. The van der Waals surface area contributed by atoms with Crippen molar-refractivity contribution >= 4 is 23.5 Å². The van der Waals surface area contributed by atoms with Gasteiger partial charge in [-0.3, -0.25) is 4.79 Å². The number of aliphatic carboxylic acids is 1. The van der Waals surface area contributed by atoms with Crippen molar-refractivity contribution in [1.29, 1.82) is 0 Å². The lowest BCUT2D eigenvalue weighted by atomic mass is 10.1. The van der Waals surface area contributed by atoms with Crippen molar-refractivity contribution in [2.24, 2.45) is 0 Å². The quantitative estimate of drug-likeness (QED) is 0.747. The highest BCUT2D eigenvalue weighted by molar-refractivity contribution is 6.31. The molecule has 0 aliphatic heterocycles. The number of hydrogen-bond donors (Lipinski definition) is 2. The van der Waals surface area contributed by atoms with Crippen LogP contribution in [0.3, 0.4) is 0 Å². The Morgan fingerprint density at radius 3 is 2.54 bits per heavy atom. The molecule has 0 aromatic heterocycles. The third-order valence-corrected chi connectivity index (χ3v) is 3.56. The summed E-state index contributed by atoms with van der Waals surface area (Å²) in [4.78, 5) is 23.5. The number of rotatable bonds is 8. The first-order chi connectivity index (χ1) is 11.1. The van der Waals surface area contributed by atoms with Gasteiger partial charge in [-0.15, -0.1) is 0 Å². The molecule has 1 aromatic rings. The Kier molecular flexibility index (Phi) is 7.51. The van der Waals surface area contributed by atoms with E-state index in [-0.39, 0.29) is 25.0 Å². The number of carboxylic acids is 1. The molecular formula is C17H24ClNO5. The lowest BCUT2D eigenvalue weighted by Crippen LogP contribution is -2.42. The Hall–Kier alpha value is -1.79. The van der Waals surface area contributed by atoms with Crippen LogP contribution in [0.4, 0.5) is 0 Å². The topological polar surface area (TPSA) is 84.9 Å². The third-order valence-electron chi connectivity index (χ3n) is 3.21. The standard InChI is InChI=1S/C17H24ClNO5/c1-17(2,3)24-9-8-13(16(21)22)19-15(20)10-11-12(18)6-5-7-14(11)23-4/h5-7,13H,8-10H2,1-4H3,(H,19,20)(H,21,22). The Balaban J connectivity index is 2.68. The zero-order valence-corrected chi connectivity index (χ0v) is 15.1. The van der Waals surface area contributed by atoms with Crippen LogP contribution in [0.2, 0.25) is 5.02 Å². The highest BCUT2D eigenvalue weighted by Gasteiger charge is 2.22. The van der Waals surface area contributed by atoms with Crippen LogP contribution in [0.25, 0.3) is 0 Å². The van der Waals surface area contributed by atoms with E-state index in [1.165, 1.54) is 7.11 Å². The number of hydrogen-bond acceptors (Lipinski definition) is 4. The number of nitrogens with one attached hydrogen (secondary N) is 1. The number of carbonyl (C=O) groups excluding carboxylic acids is 1. The molecule has 0 aliphatic carbocycles. The van der Waals surface area contributed by atoms with E-state index >= 15 is 0 Å². The highest BCUT2D eigenvalue weighted by atomic mass is 35.5. The zero-order chi connectivity index (χ0) is 18.3. The molecule has 2 N–H and O–H groups in total. The Morgan fingerprint density at radius 2 is 2.00 bits per heavy atom. The number of carboxylic acid groups (broad SMARTS) is 1. The van der Waals surface area contributed by atoms with Gasteiger partial charge in [0.05, 0.1) is 19.1 Å². The first-order valence-electron chi connectivity index (χ1n) is 7.61. The van der Waals surface area contributed by atoms with E-state index in [0.717, 1.165) is 0 Å². The van der Waals surface area contributed by atoms with Crippen molar-refractivity contribution in [2.75, 3.05) is 13.7 Å². The molecule has 6 nitrogen and oxygen atoms in total. The Morgan fingerprint density at radius 1 is 1.33 bits per heavy atom. The van der Waals surface area contributed by atoms with Crippen LogP contribution in [0.5, 0.6) is 5.75 Å². The summed E-state index contributed by atoms with van der Waals surface area (Å²) in [7, 11) is 1.48. The second-order valence-electron chi connectivity index (χ2n) is 6.31. The maximum absolute atomic E-state index is 12.2. The van der Waals surface area contributed by atoms with Gasteiger partial charge in [0.15, 0.2) is 0 Å². The van der Waals surface area contributed by atoms with E-state index < -0.39 is 17.9 Å². The van der Waals surface area contributed by atoms with Gasteiger partial charge >= 0.3 is 5.97 Å². The molecule has 1 aromatic carbocycles. The summed E-state index contributed by atoms with van der Waals surface area (Å²) in [6.45, 7) is 5.87. The molecule has 0 aliphatic rings. The van der Waals surface area contributed by atoms with Gasteiger partial charge in [0, 0.05) is 23.6 Å². The van der Waals surface area contributed by atoms with Crippen LogP contribution >= 0.6 is 11.6 Å². The first-order valence-corrected chi connectivity index (χ1v) is 7.99. The predicted octanol–water partition coefficient (Wildman–Crippen LogP) is 2.67. The van der Waals surface area contributed by atoms with E-state index in [1.54, 1.807) is 18.2 Å². The number of halogens is 1. The summed E-state index contributed by atoms with van der Waals surface area (Å²) in [6.07, 6.45) is 0.116. The molecule has 1 rings (SSSR count). The lowest BCUT2D eigenvalue weighted by molar-refractivity contribution is -0.142. The summed E-state index contributed by atoms with van der Waals surface area (Å²) in [5.74, 6) is -1.06. The van der Waals surface area contributed by atoms with Gasteiger partial charge in [-0.05, 0) is 32.9 Å². The number of carbonyl (C=O) groups is 2. The van der Waals surface area contributed by atoms with Gasteiger partial charge in [-0.25, -0.2) is 4.79 Å². The van der Waals surface area contributed by atoms with E-state index in [1.807, 2.05) is 20.8 Å². The van der Waals surface area contributed by atoms with E-state index in [4.69, 9.17) is 21.1 Å². The van der Waals surface area contributed by atoms with Crippen LogP contribution < -0.4 is 10.1 Å². The Bertz CT molecular complexity index is 583. The molecule has 1 amide bonds. The molecule has 1 unspecified atom stereocenters. The number of amides is 1. The molecule has 7 heteroatoms.